The summed E-state index contributed by atoms with van der Waals surface area (Å²) in [5, 5.41) is 16.4. The number of anilines is 1. The molecule has 6 rings (SSSR count). The second-order valence-electron chi connectivity index (χ2n) is 9.79. The first-order valence-corrected chi connectivity index (χ1v) is 12.9. The number of nitrogens with two attached hydrogens (primary N) is 1. The molecule has 2 aliphatic rings. The van der Waals surface area contributed by atoms with Gasteiger partial charge in [-0.2, -0.15) is 10.2 Å². The van der Waals surface area contributed by atoms with E-state index in [2.05, 4.69) is 15.5 Å². The molecule has 192 valence electrons. The van der Waals surface area contributed by atoms with Gasteiger partial charge in [-0.05, 0) is 50.8 Å². The molecular formula is C26H28ClN7O3. The molecule has 1 aliphatic heterocycles. The molecule has 11 heteroatoms. The lowest BCUT2D eigenvalue weighted by molar-refractivity contribution is -0.127. The Morgan fingerprint density at radius 3 is 2.84 bits per heavy atom. The second-order valence-corrected chi connectivity index (χ2v) is 10.2. The number of amides is 1. The zero-order chi connectivity index (χ0) is 25.7. The minimum atomic E-state index is -0.418. The molecule has 10 nitrogen and oxygen atoms in total. The molecule has 1 saturated carbocycles. The highest BCUT2D eigenvalue weighted by molar-refractivity contribution is 6.31. The van der Waals surface area contributed by atoms with Crippen LogP contribution in [0, 0.1) is 6.92 Å². The fourth-order valence-corrected chi connectivity index (χ4v) is 5.25. The van der Waals surface area contributed by atoms with Crippen molar-refractivity contribution < 1.29 is 9.21 Å². The van der Waals surface area contributed by atoms with Gasteiger partial charge in [-0.15, -0.1) is 0 Å². The molecule has 2 fully saturated rings. The van der Waals surface area contributed by atoms with Gasteiger partial charge < -0.3 is 20.4 Å². The number of carbonyl (C=O) groups excluding carboxylic acids is 1. The Labute approximate surface area is 217 Å². The number of likely N-dealkylation sites (tertiary alicyclic amines) is 1. The van der Waals surface area contributed by atoms with Gasteiger partial charge >= 0.3 is 0 Å². The zero-order valence-corrected chi connectivity index (χ0v) is 21.2. The average Bonchev–Trinajstić information content (AvgIpc) is 3.56. The van der Waals surface area contributed by atoms with Gasteiger partial charge in [0.1, 0.15) is 11.3 Å². The molecule has 1 amide bonds. The Kier molecular flexibility index (Phi) is 6.00. The van der Waals surface area contributed by atoms with E-state index in [1.807, 2.05) is 34.7 Å². The van der Waals surface area contributed by atoms with E-state index >= 15 is 0 Å². The quantitative estimate of drug-likeness (QED) is 0.330. The molecule has 0 bridgehead atoms. The standard InChI is InChI=1S/C26H28ClN7O3/c1-14-18-13-15(27)4-7-19(18)37-24(14)23-21-22(26(36)31-30-25(21)28)32-34(23)17-8-11-33(12-9-17)20(35)3-2-10-29-16-5-6-16/h2-4,7,13,16-17,29H,5-6,8-12H2,1H3,(H2,28,30)(H,31,36)/b3-2+. The summed E-state index contributed by atoms with van der Waals surface area (Å²) < 4.78 is 8.11. The molecule has 37 heavy (non-hydrogen) atoms. The molecule has 0 unspecified atom stereocenters. The number of aromatic nitrogens is 4. The van der Waals surface area contributed by atoms with E-state index < -0.39 is 5.56 Å². The Balaban J connectivity index is 1.33. The van der Waals surface area contributed by atoms with Gasteiger partial charge in [-0.3, -0.25) is 14.3 Å². The molecule has 1 aromatic carbocycles. The molecule has 0 atom stereocenters. The van der Waals surface area contributed by atoms with Crippen LogP contribution in [-0.2, 0) is 4.79 Å². The number of benzene rings is 1. The van der Waals surface area contributed by atoms with Gasteiger partial charge in [-0.1, -0.05) is 17.7 Å². The normalized spacial score (nSPS) is 17.0. The number of hydrogen-bond acceptors (Lipinski definition) is 7. The van der Waals surface area contributed by atoms with Crippen LogP contribution < -0.4 is 16.6 Å². The van der Waals surface area contributed by atoms with Gasteiger partial charge in [0.2, 0.25) is 5.91 Å². The Morgan fingerprint density at radius 2 is 2.08 bits per heavy atom. The lowest BCUT2D eigenvalue weighted by Gasteiger charge is -2.32. The van der Waals surface area contributed by atoms with E-state index in [9.17, 15) is 9.59 Å². The number of H-pyrrole nitrogens is 1. The predicted molar refractivity (Wildman–Crippen MR) is 143 cm³/mol. The van der Waals surface area contributed by atoms with E-state index in [0.29, 0.717) is 66.0 Å². The van der Waals surface area contributed by atoms with Crippen LogP contribution in [0.1, 0.15) is 37.3 Å². The monoisotopic (exact) mass is 521 g/mol. The highest BCUT2D eigenvalue weighted by Gasteiger charge is 2.30. The Morgan fingerprint density at radius 1 is 1.30 bits per heavy atom. The molecule has 3 aromatic heterocycles. The van der Waals surface area contributed by atoms with Crippen LogP contribution in [0.4, 0.5) is 5.82 Å². The number of carbonyl (C=O) groups is 1. The van der Waals surface area contributed by atoms with Crippen LogP contribution in [0.15, 0.2) is 39.6 Å². The number of hydrogen-bond donors (Lipinski definition) is 3. The SMILES string of the molecule is Cc1c(-c2c3c(N)n[nH]c(=O)c3nn2C2CCN(C(=O)/C=C/CNC3CC3)CC2)oc2ccc(Cl)cc12. The number of nitrogen functional groups attached to an aromatic ring is 1. The van der Waals surface area contributed by atoms with E-state index in [4.69, 9.17) is 26.9 Å². The minimum absolute atomic E-state index is 0.0109. The predicted octanol–water partition coefficient (Wildman–Crippen LogP) is 3.55. The van der Waals surface area contributed by atoms with Crippen LogP contribution >= 0.6 is 11.6 Å². The first-order chi connectivity index (χ1) is 17.9. The lowest BCUT2D eigenvalue weighted by atomic mass is 10.0. The van der Waals surface area contributed by atoms with Crippen LogP contribution in [0.25, 0.3) is 33.3 Å². The van der Waals surface area contributed by atoms with Crippen molar-refractivity contribution in [2.24, 2.45) is 0 Å². The van der Waals surface area contributed by atoms with Gasteiger partial charge in [0, 0.05) is 47.7 Å². The molecule has 1 aliphatic carbocycles. The van der Waals surface area contributed by atoms with Crippen molar-refractivity contribution >= 4 is 45.2 Å². The molecule has 4 aromatic rings. The topological polar surface area (TPSA) is 135 Å². The van der Waals surface area contributed by atoms with Gasteiger partial charge in [-0.25, -0.2) is 5.10 Å². The van der Waals surface area contributed by atoms with Gasteiger partial charge in [0.15, 0.2) is 17.1 Å². The van der Waals surface area contributed by atoms with Crippen molar-refractivity contribution in [2.75, 3.05) is 25.4 Å². The fraction of sp³-hybridized carbons (Fsp3) is 0.385. The molecule has 4 N–H and O–H groups in total. The average molecular weight is 522 g/mol. The van der Waals surface area contributed by atoms with Crippen LogP contribution in [0.5, 0.6) is 0 Å². The van der Waals surface area contributed by atoms with Crippen molar-refractivity contribution in [1.82, 2.24) is 30.2 Å². The maximum Gasteiger partial charge on any atom is 0.292 e. The summed E-state index contributed by atoms with van der Waals surface area (Å²) in [6.45, 7) is 3.82. The van der Waals surface area contributed by atoms with E-state index in [-0.39, 0.29) is 23.3 Å². The Hall–Kier alpha value is -3.63. The summed E-state index contributed by atoms with van der Waals surface area (Å²) >= 11 is 6.24. The number of aromatic amines is 1. The molecule has 4 heterocycles. The number of aryl methyl sites for hydroxylation is 1. The van der Waals surface area contributed by atoms with Crippen molar-refractivity contribution in [3.8, 4) is 11.5 Å². The summed E-state index contributed by atoms with van der Waals surface area (Å²) in [7, 11) is 0. The number of nitrogens with zero attached hydrogens (tertiary/aromatic N) is 4. The van der Waals surface area contributed by atoms with Crippen molar-refractivity contribution in [3.05, 3.63) is 51.3 Å². The Bertz CT molecular complexity index is 1590. The van der Waals surface area contributed by atoms with E-state index in [1.54, 1.807) is 12.1 Å². The highest BCUT2D eigenvalue weighted by Crippen LogP contribution is 2.40. The van der Waals surface area contributed by atoms with Crippen LogP contribution in [0.2, 0.25) is 5.02 Å². The summed E-state index contributed by atoms with van der Waals surface area (Å²) in [6.07, 6.45) is 7.33. The van der Waals surface area contributed by atoms with E-state index in [1.165, 1.54) is 12.8 Å². The first-order valence-electron chi connectivity index (χ1n) is 12.5. The summed E-state index contributed by atoms with van der Waals surface area (Å²) in [4.78, 5) is 27.2. The highest BCUT2D eigenvalue weighted by atomic mass is 35.5. The van der Waals surface area contributed by atoms with Crippen LogP contribution in [0.3, 0.4) is 0 Å². The number of fused-ring (bicyclic) bond motifs is 2. The summed E-state index contributed by atoms with van der Waals surface area (Å²) in [6, 6.07) is 6.01. The van der Waals surface area contributed by atoms with Crippen molar-refractivity contribution in [3.63, 3.8) is 0 Å². The summed E-state index contributed by atoms with van der Waals surface area (Å²) in [5.41, 5.74) is 8.22. The minimum Gasteiger partial charge on any atom is -0.454 e. The third-order valence-electron chi connectivity index (χ3n) is 7.26. The maximum atomic E-state index is 12.7. The van der Waals surface area contributed by atoms with Crippen LogP contribution in [-0.4, -0.2) is 56.5 Å². The molecule has 0 spiro atoms. The number of halogens is 1. The maximum absolute atomic E-state index is 12.7. The van der Waals surface area contributed by atoms with Gasteiger partial charge in [0.05, 0.1) is 11.4 Å². The third kappa shape index (κ3) is 4.40. The first kappa shape index (κ1) is 23.7. The van der Waals surface area contributed by atoms with Gasteiger partial charge in [0.25, 0.3) is 5.56 Å². The summed E-state index contributed by atoms with van der Waals surface area (Å²) in [5.74, 6) is 0.756. The number of piperidine rings is 1. The largest absolute Gasteiger partial charge is 0.454 e. The second kappa shape index (κ2) is 9.35. The van der Waals surface area contributed by atoms with Crippen molar-refractivity contribution in [1.29, 1.82) is 0 Å². The number of rotatable bonds is 6. The third-order valence-corrected chi connectivity index (χ3v) is 7.49. The molecule has 1 saturated heterocycles. The molecule has 0 radical (unpaired) electrons. The number of nitrogens with one attached hydrogen (secondary N) is 2. The van der Waals surface area contributed by atoms with E-state index in [0.717, 1.165) is 10.9 Å². The van der Waals surface area contributed by atoms with Crippen molar-refractivity contribution in [2.45, 2.75) is 44.7 Å². The smallest absolute Gasteiger partial charge is 0.292 e. The lowest BCUT2D eigenvalue weighted by Crippen LogP contribution is -2.38. The zero-order valence-electron chi connectivity index (χ0n) is 20.5. The number of furan rings is 1. The fourth-order valence-electron chi connectivity index (χ4n) is 5.07. The molecular weight excluding hydrogens is 494 g/mol.